The molecule has 0 unspecified atom stereocenters. The number of rotatable bonds is 12. The second kappa shape index (κ2) is 29.0. The predicted molar refractivity (Wildman–Crippen MR) is 257 cm³/mol. The highest BCUT2D eigenvalue weighted by atomic mass is 16.1. The molecule has 4 aromatic carbocycles. The van der Waals surface area contributed by atoms with Crippen molar-refractivity contribution in [2.45, 2.75) is 120 Å². The first-order chi connectivity index (χ1) is 30.0. The fourth-order valence-electron chi connectivity index (χ4n) is 7.33. The van der Waals surface area contributed by atoms with Crippen molar-refractivity contribution in [1.29, 1.82) is 10.5 Å². The van der Waals surface area contributed by atoms with Crippen molar-refractivity contribution in [3.8, 4) is 12.1 Å². The summed E-state index contributed by atoms with van der Waals surface area (Å²) in [5.41, 5.74) is 8.39. The van der Waals surface area contributed by atoms with Gasteiger partial charge in [0.25, 0.3) is 0 Å². The molecule has 62 heavy (non-hydrogen) atoms. The van der Waals surface area contributed by atoms with E-state index in [9.17, 15) is 20.1 Å². The molecule has 6 aromatic rings. The van der Waals surface area contributed by atoms with Gasteiger partial charge < -0.3 is 0 Å². The molecule has 0 spiro atoms. The molecule has 0 amide bonds. The molecule has 0 fully saturated rings. The van der Waals surface area contributed by atoms with Gasteiger partial charge in [-0.25, -0.2) is 0 Å². The first kappa shape index (κ1) is 53.6. The summed E-state index contributed by atoms with van der Waals surface area (Å²) >= 11 is 0. The molecule has 0 radical (unpaired) electrons. The third kappa shape index (κ3) is 14.4. The standard InChI is InChI=1S/2C23H23N3O.4C2H6/c2*1-16-23(17(2)26(3)25-16)22(27)14-20(18-10-6-4-7-11-18)21(15-24)19-12-8-5-9-13-19;4*1-2/h2*4-13,20-21H,14H2,1-3H3;4*1-2H3/t2*20-,21-;;;;/m10..../s1. The minimum Gasteiger partial charge on any atom is -0.294 e. The third-order valence-corrected chi connectivity index (χ3v) is 10.2. The highest BCUT2D eigenvalue weighted by molar-refractivity contribution is 5.99. The summed E-state index contributed by atoms with van der Waals surface area (Å²) in [6.45, 7) is 23.5. The summed E-state index contributed by atoms with van der Waals surface area (Å²) in [6, 6.07) is 43.9. The number of carbonyl (C=O) groups is 2. The van der Waals surface area contributed by atoms with Crippen LogP contribution < -0.4 is 0 Å². The zero-order valence-electron chi connectivity index (χ0n) is 39.8. The molecule has 0 aliphatic heterocycles. The lowest BCUT2D eigenvalue weighted by Gasteiger charge is -2.22. The molecular weight excluding hydrogens is 765 g/mol. The summed E-state index contributed by atoms with van der Waals surface area (Å²) in [7, 11) is 3.69. The maximum absolute atomic E-state index is 13.2. The highest BCUT2D eigenvalue weighted by Crippen LogP contribution is 2.38. The molecule has 2 heterocycles. The summed E-state index contributed by atoms with van der Waals surface area (Å²) in [5, 5.41) is 28.6. The average Bonchev–Trinajstić information content (AvgIpc) is 3.75. The number of benzene rings is 4. The molecular formula is C54H70N6O2. The number of Topliss-reactive ketones (excluding diaryl/α,β-unsaturated/α-hetero) is 2. The van der Waals surface area contributed by atoms with Crippen LogP contribution >= 0.6 is 0 Å². The van der Waals surface area contributed by atoms with Gasteiger partial charge in [-0.3, -0.25) is 19.0 Å². The lowest BCUT2D eigenvalue weighted by atomic mass is 9.78. The Hall–Kier alpha value is -6.38. The Labute approximate surface area is 373 Å². The smallest absolute Gasteiger partial charge is 0.167 e. The van der Waals surface area contributed by atoms with Crippen LogP contribution in [0.2, 0.25) is 0 Å². The Kier molecular flexibility index (Phi) is 25.1. The molecule has 0 N–H and O–H groups in total. The maximum Gasteiger partial charge on any atom is 0.167 e. The molecule has 0 aliphatic rings. The van der Waals surface area contributed by atoms with Gasteiger partial charge in [0.05, 0.1) is 46.5 Å². The number of nitriles is 2. The van der Waals surface area contributed by atoms with Crippen LogP contribution in [0.15, 0.2) is 121 Å². The van der Waals surface area contributed by atoms with Crippen molar-refractivity contribution < 1.29 is 9.59 Å². The average molecular weight is 835 g/mol. The number of carbonyl (C=O) groups excluding carboxylic acids is 2. The highest BCUT2D eigenvalue weighted by Gasteiger charge is 2.31. The Morgan fingerprint density at radius 3 is 0.919 bits per heavy atom. The lowest BCUT2D eigenvalue weighted by molar-refractivity contribution is 0.0962. The topological polar surface area (TPSA) is 117 Å². The number of hydrogen-bond acceptors (Lipinski definition) is 6. The van der Waals surface area contributed by atoms with Gasteiger partial charge in [-0.2, -0.15) is 20.7 Å². The van der Waals surface area contributed by atoms with E-state index in [4.69, 9.17) is 0 Å². The van der Waals surface area contributed by atoms with Crippen LogP contribution in [0, 0.1) is 50.4 Å². The largest absolute Gasteiger partial charge is 0.294 e. The zero-order valence-corrected chi connectivity index (χ0v) is 39.8. The molecule has 2 aromatic heterocycles. The van der Waals surface area contributed by atoms with Gasteiger partial charge in [0.1, 0.15) is 0 Å². The van der Waals surface area contributed by atoms with Crippen molar-refractivity contribution in [2.24, 2.45) is 14.1 Å². The second-order valence-corrected chi connectivity index (χ2v) is 13.7. The first-order valence-corrected chi connectivity index (χ1v) is 22.1. The Balaban J connectivity index is 0.000000534. The van der Waals surface area contributed by atoms with Gasteiger partial charge in [0, 0.05) is 50.2 Å². The van der Waals surface area contributed by atoms with Crippen molar-refractivity contribution in [1.82, 2.24) is 19.6 Å². The Morgan fingerprint density at radius 2 is 0.710 bits per heavy atom. The van der Waals surface area contributed by atoms with Gasteiger partial charge in [-0.15, -0.1) is 0 Å². The van der Waals surface area contributed by atoms with Crippen molar-refractivity contribution in [3.63, 3.8) is 0 Å². The quantitative estimate of drug-likeness (QED) is 0.113. The van der Waals surface area contributed by atoms with Crippen LogP contribution in [0.4, 0.5) is 0 Å². The molecule has 0 bridgehead atoms. The van der Waals surface area contributed by atoms with Crippen LogP contribution in [0.3, 0.4) is 0 Å². The van der Waals surface area contributed by atoms with E-state index in [0.717, 1.165) is 45.0 Å². The number of aryl methyl sites for hydroxylation is 4. The minimum absolute atomic E-state index is 0.0307. The van der Waals surface area contributed by atoms with E-state index in [1.54, 1.807) is 9.36 Å². The van der Waals surface area contributed by atoms with Crippen LogP contribution in [0.25, 0.3) is 0 Å². The number of hydrogen-bond donors (Lipinski definition) is 0. The summed E-state index contributed by atoms with van der Waals surface area (Å²) in [6.07, 6.45) is 0.537. The van der Waals surface area contributed by atoms with Gasteiger partial charge in [-0.05, 0) is 49.9 Å². The normalized spacial score (nSPS) is 11.7. The summed E-state index contributed by atoms with van der Waals surface area (Å²) in [4.78, 5) is 26.3. The minimum atomic E-state index is -0.394. The lowest BCUT2D eigenvalue weighted by Crippen LogP contribution is -2.16. The SMILES string of the molecule is CC.CC.CC.CC.Cc1nn(C)c(C)c1C(=O)C[C@@H](c1ccccc1)[C@@H](C#N)c1ccccc1.Cc1nn(C)c(C)c1C(=O)C[C@H](c1ccccc1)[C@H](C#N)c1ccccc1. The zero-order chi connectivity index (χ0) is 46.8. The van der Waals surface area contributed by atoms with Gasteiger partial charge in [-0.1, -0.05) is 177 Å². The monoisotopic (exact) mass is 835 g/mol. The second-order valence-electron chi connectivity index (χ2n) is 13.7. The summed E-state index contributed by atoms with van der Waals surface area (Å²) < 4.78 is 3.47. The van der Waals surface area contributed by atoms with Crippen LogP contribution in [-0.2, 0) is 14.1 Å². The van der Waals surface area contributed by atoms with E-state index in [0.29, 0.717) is 11.1 Å². The van der Waals surface area contributed by atoms with Crippen molar-refractivity contribution in [2.75, 3.05) is 0 Å². The van der Waals surface area contributed by atoms with Gasteiger partial charge in [0.2, 0.25) is 0 Å². The van der Waals surface area contributed by atoms with Crippen LogP contribution in [0.5, 0.6) is 0 Å². The van der Waals surface area contributed by atoms with Gasteiger partial charge >= 0.3 is 0 Å². The van der Waals surface area contributed by atoms with Crippen molar-refractivity contribution in [3.05, 3.63) is 177 Å². The number of ketones is 2. The molecule has 0 aliphatic carbocycles. The fourth-order valence-corrected chi connectivity index (χ4v) is 7.33. The van der Waals surface area contributed by atoms with Crippen LogP contribution in [-0.4, -0.2) is 31.1 Å². The Morgan fingerprint density at radius 1 is 0.468 bits per heavy atom. The molecule has 6 rings (SSSR count). The molecule has 8 nitrogen and oxygen atoms in total. The maximum atomic E-state index is 13.2. The van der Waals surface area contributed by atoms with Crippen LogP contribution in [0.1, 0.15) is 158 Å². The van der Waals surface area contributed by atoms with E-state index in [2.05, 4.69) is 22.3 Å². The molecule has 328 valence electrons. The first-order valence-electron chi connectivity index (χ1n) is 22.1. The van der Waals surface area contributed by atoms with Gasteiger partial charge in [0.15, 0.2) is 11.6 Å². The number of nitrogens with zero attached hydrogens (tertiary/aromatic N) is 6. The van der Waals surface area contributed by atoms with E-state index in [1.165, 1.54) is 0 Å². The van der Waals surface area contributed by atoms with E-state index < -0.39 is 11.8 Å². The number of aromatic nitrogens is 4. The molecule has 0 saturated heterocycles. The molecule has 0 saturated carbocycles. The predicted octanol–water partition coefficient (Wildman–Crippen LogP) is 13.5. The summed E-state index contributed by atoms with van der Waals surface area (Å²) in [5.74, 6) is -1.16. The van der Waals surface area contributed by atoms with E-state index in [1.807, 2.05) is 219 Å². The molecule has 8 heteroatoms. The molecule has 4 atom stereocenters. The van der Waals surface area contributed by atoms with E-state index >= 15 is 0 Å². The van der Waals surface area contributed by atoms with Crippen molar-refractivity contribution >= 4 is 11.6 Å². The van der Waals surface area contributed by atoms with E-state index in [-0.39, 0.29) is 36.2 Å². The fraction of sp³-hybridized carbons (Fsp3) is 0.370. The Bertz CT molecular complexity index is 2100. The third-order valence-electron chi connectivity index (χ3n) is 10.2.